The molecule has 0 aliphatic carbocycles. The number of rotatable bonds is 7. The van der Waals surface area contributed by atoms with E-state index in [2.05, 4.69) is 9.93 Å². The highest BCUT2D eigenvalue weighted by Gasteiger charge is 2.13. The zero-order valence-corrected chi connectivity index (χ0v) is 17.2. The number of aryl methyl sites for hydroxylation is 1. The SMILES string of the molecule is COc1cc(/C=N/NS(=O)(=O)c2ccccc2)ccc1OC(=O)c1ccc(C)cc1. The summed E-state index contributed by atoms with van der Waals surface area (Å²) >= 11 is 0. The molecule has 1 N–H and O–H groups in total. The van der Waals surface area contributed by atoms with E-state index in [0.717, 1.165) is 5.56 Å². The van der Waals surface area contributed by atoms with Crippen molar-refractivity contribution in [3.63, 3.8) is 0 Å². The molecule has 0 heterocycles. The molecule has 3 aromatic carbocycles. The van der Waals surface area contributed by atoms with Crippen molar-refractivity contribution in [1.29, 1.82) is 0 Å². The molecule has 30 heavy (non-hydrogen) atoms. The fourth-order valence-electron chi connectivity index (χ4n) is 2.52. The highest BCUT2D eigenvalue weighted by atomic mass is 32.2. The first-order valence-corrected chi connectivity index (χ1v) is 10.4. The Kier molecular flexibility index (Phi) is 6.48. The van der Waals surface area contributed by atoms with Crippen molar-refractivity contribution in [3.05, 3.63) is 89.5 Å². The Morgan fingerprint density at radius 2 is 1.67 bits per heavy atom. The van der Waals surface area contributed by atoms with E-state index in [1.54, 1.807) is 48.5 Å². The molecule has 0 radical (unpaired) electrons. The molecule has 7 nitrogen and oxygen atoms in total. The predicted octanol–water partition coefficient (Wildman–Crippen LogP) is 3.54. The summed E-state index contributed by atoms with van der Waals surface area (Å²) in [6.45, 7) is 1.93. The molecule has 0 amide bonds. The fourth-order valence-corrected chi connectivity index (χ4v) is 3.33. The third-order valence-corrected chi connectivity index (χ3v) is 5.36. The maximum absolute atomic E-state index is 12.3. The molecule has 0 atom stereocenters. The first-order chi connectivity index (χ1) is 14.4. The van der Waals surface area contributed by atoms with Crippen LogP contribution in [0, 0.1) is 6.92 Å². The normalized spacial score (nSPS) is 11.3. The predicted molar refractivity (Wildman–Crippen MR) is 113 cm³/mol. The highest BCUT2D eigenvalue weighted by Crippen LogP contribution is 2.28. The lowest BCUT2D eigenvalue weighted by Gasteiger charge is -2.10. The Morgan fingerprint density at radius 1 is 0.967 bits per heavy atom. The van der Waals surface area contributed by atoms with Crippen LogP contribution >= 0.6 is 0 Å². The number of hydrogen-bond donors (Lipinski definition) is 1. The van der Waals surface area contributed by atoms with E-state index >= 15 is 0 Å². The van der Waals surface area contributed by atoms with Gasteiger partial charge < -0.3 is 9.47 Å². The van der Waals surface area contributed by atoms with Crippen LogP contribution in [0.3, 0.4) is 0 Å². The number of ether oxygens (including phenoxy) is 2. The summed E-state index contributed by atoms with van der Waals surface area (Å²) in [6.07, 6.45) is 1.33. The van der Waals surface area contributed by atoms with Gasteiger partial charge in [-0.1, -0.05) is 35.9 Å². The Hall–Kier alpha value is -3.65. The number of sulfonamides is 1. The van der Waals surface area contributed by atoms with Crippen LogP contribution in [0.1, 0.15) is 21.5 Å². The average molecular weight is 424 g/mol. The van der Waals surface area contributed by atoms with Crippen LogP contribution in [-0.2, 0) is 10.0 Å². The minimum atomic E-state index is -3.75. The minimum Gasteiger partial charge on any atom is -0.493 e. The van der Waals surface area contributed by atoms with Crippen molar-refractivity contribution in [2.24, 2.45) is 5.10 Å². The molecule has 0 fully saturated rings. The van der Waals surface area contributed by atoms with Crippen molar-refractivity contribution in [2.45, 2.75) is 11.8 Å². The van der Waals surface area contributed by atoms with Crippen LogP contribution in [0.15, 0.2) is 82.8 Å². The Bertz CT molecular complexity index is 1160. The molecule has 3 rings (SSSR count). The number of methoxy groups -OCH3 is 1. The zero-order chi connectivity index (χ0) is 21.6. The van der Waals surface area contributed by atoms with Crippen molar-refractivity contribution in [2.75, 3.05) is 7.11 Å². The lowest BCUT2D eigenvalue weighted by molar-refractivity contribution is 0.0729. The second-order valence-corrected chi connectivity index (χ2v) is 7.99. The van der Waals surface area contributed by atoms with E-state index in [1.807, 2.05) is 19.1 Å². The molecule has 0 saturated heterocycles. The largest absolute Gasteiger partial charge is 0.493 e. The number of hydrazone groups is 1. The summed E-state index contributed by atoms with van der Waals surface area (Å²) in [5, 5.41) is 3.79. The second-order valence-electron chi connectivity index (χ2n) is 6.33. The van der Waals surface area contributed by atoms with Crippen LogP contribution in [-0.4, -0.2) is 27.7 Å². The number of carbonyl (C=O) groups is 1. The van der Waals surface area contributed by atoms with Gasteiger partial charge in [0.25, 0.3) is 10.0 Å². The van der Waals surface area contributed by atoms with E-state index in [0.29, 0.717) is 16.9 Å². The van der Waals surface area contributed by atoms with E-state index in [4.69, 9.17) is 9.47 Å². The molecule has 0 aliphatic rings. The quantitative estimate of drug-likeness (QED) is 0.271. The number of nitrogens with zero attached hydrogens (tertiary/aromatic N) is 1. The average Bonchev–Trinajstić information content (AvgIpc) is 2.75. The zero-order valence-electron chi connectivity index (χ0n) is 16.4. The first kappa shape index (κ1) is 21.1. The van der Waals surface area contributed by atoms with E-state index in [1.165, 1.54) is 25.5 Å². The van der Waals surface area contributed by atoms with Crippen LogP contribution < -0.4 is 14.3 Å². The minimum absolute atomic E-state index is 0.109. The Balaban J connectivity index is 1.71. The summed E-state index contributed by atoms with van der Waals surface area (Å²) in [6, 6.07) is 19.7. The van der Waals surface area contributed by atoms with Crippen LogP contribution in [0.4, 0.5) is 0 Å². The van der Waals surface area contributed by atoms with Gasteiger partial charge in [-0.15, -0.1) is 0 Å². The van der Waals surface area contributed by atoms with Crippen LogP contribution in [0.2, 0.25) is 0 Å². The number of hydrogen-bond acceptors (Lipinski definition) is 6. The molecular weight excluding hydrogens is 404 g/mol. The second kappa shape index (κ2) is 9.23. The molecule has 0 spiro atoms. The van der Waals surface area contributed by atoms with Crippen molar-refractivity contribution >= 4 is 22.2 Å². The number of carbonyl (C=O) groups excluding carboxylic acids is 1. The van der Waals surface area contributed by atoms with Gasteiger partial charge in [0.1, 0.15) is 0 Å². The Labute approximate surface area is 175 Å². The molecule has 0 bridgehead atoms. The van der Waals surface area contributed by atoms with Gasteiger partial charge in [0.15, 0.2) is 11.5 Å². The molecular formula is C22H20N2O5S. The van der Waals surface area contributed by atoms with E-state index in [9.17, 15) is 13.2 Å². The summed E-state index contributed by atoms with van der Waals surface area (Å²) < 4.78 is 35.0. The van der Waals surface area contributed by atoms with Gasteiger partial charge in [-0.2, -0.15) is 13.5 Å². The van der Waals surface area contributed by atoms with Gasteiger partial charge in [-0.05, 0) is 55.0 Å². The standard InChI is InChI=1S/C22H20N2O5S/c1-16-8-11-18(12-9-16)22(25)29-20-13-10-17(14-21(20)28-2)15-23-24-30(26,27)19-6-4-3-5-7-19/h3-15,24H,1-2H3/b23-15+. The fraction of sp³-hybridized carbons (Fsp3) is 0.0909. The molecule has 0 unspecified atom stereocenters. The third-order valence-electron chi connectivity index (χ3n) is 4.12. The lowest BCUT2D eigenvalue weighted by atomic mass is 10.1. The molecule has 8 heteroatoms. The summed E-state index contributed by atoms with van der Waals surface area (Å²) in [4.78, 5) is 14.6. The monoisotopic (exact) mass is 424 g/mol. The van der Waals surface area contributed by atoms with Crippen molar-refractivity contribution in [3.8, 4) is 11.5 Å². The number of nitrogens with one attached hydrogen (secondary N) is 1. The van der Waals surface area contributed by atoms with E-state index < -0.39 is 16.0 Å². The number of benzene rings is 3. The third kappa shape index (κ3) is 5.24. The van der Waals surface area contributed by atoms with E-state index in [-0.39, 0.29) is 10.6 Å². The topological polar surface area (TPSA) is 94.1 Å². The number of esters is 1. The summed E-state index contributed by atoms with van der Waals surface area (Å²) in [5.41, 5.74) is 2.01. The van der Waals surface area contributed by atoms with Gasteiger partial charge in [0, 0.05) is 0 Å². The maximum atomic E-state index is 12.3. The van der Waals surface area contributed by atoms with Crippen molar-refractivity contribution in [1.82, 2.24) is 4.83 Å². The van der Waals surface area contributed by atoms with Gasteiger partial charge >= 0.3 is 5.97 Å². The first-order valence-electron chi connectivity index (χ1n) is 8.96. The molecule has 3 aromatic rings. The van der Waals surface area contributed by atoms with Crippen LogP contribution in [0.5, 0.6) is 11.5 Å². The maximum Gasteiger partial charge on any atom is 0.343 e. The summed E-state index contributed by atoms with van der Waals surface area (Å²) in [5.74, 6) is 0.0424. The van der Waals surface area contributed by atoms with Crippen LogP contribution in [0.25, 0.3) is 0 Å². The highest BCUT2D eigenvalue weighted by molar-refractivity contribution is 7.89. The Morgan fingerprint density at radius 3 is 2.33 bits per heavy atom. The molecule has 154 valence electrons. The van der Waals surface area contributed by atoms with Gasteiger partial charge in [0.05, 0.1) is 23.8 Å². The summed E-state index contributed by atoms with van der Waals surface area (Å²) in [7, 11) is -2.31. The molecule has 0 aromatic heterocycles. The van der Waals surface area contributed by atoms with Gasteiger partial charge in [-0.25, -0.2) is 9.63 Å². The molecule has 0 saturated carbocycles. The molecule has 0 aliphatic heterocycles. The van der Waals surface area contributed by atoms with Gasteiger partial charge in [0.2, 0.25) is 0 Å². The smallest absolute Gasteiger partial charge is 0.343 e. The van der Waals surface area contributed by atoms with Gasteiger partial charge in [-0.3, -0.25) is 0 Å². The lowest BCUT2D eigenvalue weighted by Crippen LogP contribution is -2.18. The van der Waals surface area contributed by atoms with Crippen molar-refractivity contribution < 1.29 is 22.7 Å².